The van der Waals surface area contributed by atoms with Crippen LogP contribution in [0.1, 0.15) is 6.92 Å². The SMILES string of the molecule is C[C@H]1COc2ccccc2NC1=O. The number of fused-ring (bicyclic) bond motifs is 1. The standard InChI is InChI=1S/C10H11NO2/c1-7-6-13-9-5-3-2-4-8(9)11-10(7)12/h2-5,7H,6H2,1H3,(H,11,12)/t7-/m0/s1. The molecule has 0 radical (unpaired) electrons. The van der Waals surface area contributed by atoms with Crippen molar-refractivity contribution in [2.24, 2.45) is 5.92 Å². The number of hydrogen-bond donors (Lipinski definition) is 1. The summed E-state index contributed by atoms with van der Waals surface area (Å²) >= 11 is 0. The van der Waals surface area contributed by atoms with Gasteiger partial charge in [-0.25, -0.2) is 0 Å². The Labute approximate surface area is 76.7 Å². The van der Waals surface area contributed by atoms with Crippen LogP contribution in [0.2, 0.25) is 0 Å². The van der Waals surface area contributed by atoms with Gasteiger partial charge >= 0.3 is 0 Å². The van der Waals surface area contributed by atoms with E-state index in [9.17, 15) is 4.79 Å². The van der Waals surface area contributed by atoms with Gasteiger partial charge in [0.2, 0.25) is 5.91 Å². The van der Waals surface area contributed by atoms with E-state index in [-0.39, 0.29) is 11.8 Å². The number of nitrogens with one attached hydrogen (secondary N) is 1. The second kappa shape index (κ2) is 3.09. The van der Waals surface area contributed by atoms with E-state index >= 15 is 0 Å². The van der Waals surface area contributed by atoms with Crippen LogP contribution in [0, 0.1) is 5.92 Å². The van der Waals surface area contributed by atoms with E-state index in [1.807, 2.05) is 31.2 Å². The summed E-state index contributed by atoms with van der Waals surface area (Å²) in [7, 11) is 0. The molecule has 13 heavy (non-hydrogen) atoms. The molecule has 1 amide bonds. The summed E-state index contributed by atoms with van der Waals surface area (Å²) in [5, 5.41) is 2.81. The van der Waals surface area contributed by atoms with Gasteiger partial charge in [0.1, 0.15) is 5.75 Å². The van der Waals surface area contributed by atoms with Gasteiger partial charge in [-0.2, -0.15) is 0 Å². The second-order valence-corrected chi connectivity index (χ2v) is 3.20. The fourth-order valence-corrected chi connectivity index (χ4v) is 1.24. The molecule has 1 heterocycles. The molecule has 0 bridgehead atoms. The zero-order valence-electron chi connectivity index (χ0n) is 7.41. The van der Waals surface area contributed by atoms with Crippen molar-refractivity contribution in [3.8, 4) is 5.75 Å². The van der Waals surface area contributed by atoms with Crippen LogP contribution in [0.25, 0.3) is 0 Å². The Morgan fingerprint density at radius 3 is 3.08 bits per heavy atom. The van der Waals surface area contributed by atoms with Crippen LogP contribution in [-0.4, -0.2) is 12.5 Å². The molecular formula is C10H11NO2. The van der Waals surface area contributed by atoms with E-state index in [1.165, 1.54) is 0 Å². The lowest BCUT2D eigenvalue weighted by atomic mass is 10.2. The Hall–Kier alpha value is -1.51. The molecule has 3 heteroatoms. The van der Waals surface area contributed by atoms with Crippen molar-refractivity contribution in [2.45, 2.75) is 6.92 Å². The first-order valence-electron chi connectivity index (χ1n) is 4.30. The molecule has 0 unspecified atom stereocenters. The third-order valence-electron chi connectivity index (χ3n) is 2.08. The summed E-state index contributed by atoms with van der Waals surface area (Å²) in [6, 6.07) is 7.46. The molecule has 68 valence electrons. The highest BCUT2D eigenvalue weighted by atomic mass is 16.5. The topological polar surface area (TPSA) is 38.3 Å². The highest BCUT2D eigenvalue weighted by Gasteiger charge is 2.19. The smallest absolute Gasteiger partial charge is 0.230 e. The fourth-order valence-electron chi connectivity index (χ4n) is 1.24. The van der Waals surface area contributed by atoms with Crippen molar-refractivity contribution in [3.05, 3.63) is 24.3 Å². The average molecular weight is 177 g/mol. The van der Waals surface area contributed by atoms with Crippen molar-refractivity contribution in [1.29, 1.82) is 0 Å². The monoisotopic (exact) mass is 177 g/mol. The van der Waals surface area contributed by atoms with Crippen LogP contribution in [0.4, 0.5) is 5.69 Å². The molecule has 0 saturated carbocycles. The fraction of sp³-hybridized carbons (Fsp3) is 0.300. The number of rotatable bonds is 0. The molecule has 1 atom stereocenters. The summed E-state index contributed by atoms with van der Waals surface area (Å²) in [4.78, 5) is 11.4. The number of benzene rings is 1. The van der Waals surface area contributed by atoms with Crippen molar-refractivity contribution < 1.29 is 9.53 Å². The lowest BCUT2D eigenvalue weighted by Crippen LogP contribution is -2.21. The largest absolute Gasteiger partial charge is 0.491 e. The minimum atomic E-state index is -0.0904. The van der Waals surface area contributed by atoms with Gasteiger partial charge in [-0.05, 0) is 12.1 Å². The summed E-state index contributed by atoms with van der Waals surface area (Å²) in [6.45, 7) is 2.30. The van der Waals surface area contributed by atoms with Crippen LogP contribution < -0.4 is 10.1 Å². The second-order valence-electron chi connectivity index (χ2n) is 3.20. The van der Waals surface area contributed by atoms with Crippen molar-refractivity contribution in [1.82, 2.24) is 0 Å². The Bertz CT molecular complexity index is 335. The van der Waals surface area contributed by atoms with E-state index in [1.54, 1.807) is 0 Å². The zero-order valence-corrected chi connectivity index (χ0v) is 7.41. The Kier molecular flexibility index (Phi) is 1.93. The number of amides is 1. The average Bonchev–Trinajstić information content (AvgIpc) is 2.28. The molecule has 0 aliphatic carbocycles. The molecule has 3 nitrogen and oxygen atoms in total. The van der Waals surface area contributed by atoms with E-state index < -0.39 is 0 Å². The molecule has 0 saturated heterocycles. The summed E-state index contributed by atoms with van der Waals surface area (Å²) in [5.74, 6) is 0.678. The normalized spacial score (nSPS) is 21.0. The van der Waals surface area contributed by atoms with Gasteiger partial charge in [0, 0.05) is 0 Å². The van der Waals surface area contributed by atoms with Crippen LogP contribution in [0.3, 0.4) is 0 Å². The molecule has 1 aliphatic rings. The molecule has 1 aromatic carbocycles. The number of ether oxygens (including phenoxy) is 1. The summed E-state index contributed by atoms with van der Waals surface area (Å²) in [5.41, 5.74) is 0.761. The van der Waals surface area contributed by atoms with Gasteiger partial charge in [0.05, 0.1) is 18.2 Å². The first kappa shape index (κ1) is 8.10. The summed E-state index contributed by atoms with van der Waals surface area (Å²) < 4.78 is 5.45. The summed E-state index contributed by atoms with van der Waals surface area (Å²) in [6.07, 6.45) is 0. The number of hydrogen-bond acceptors (Lipinski definition) is 2. The lowest BCUT2D eigenvalue weighted by molar-refractivity contribution is -0.119. The number of carbonyl (C=O) groups excluding carboxylic acids is 1. The zero-order chi connectivity index (χ0) is 9.26. The van der Waals surface area contributed by atoms with Gasteiger partial charge in [0.15, 0.2) is 0 Å². The molecule has 1 aromatic rings. The third-order valence-corrected chi connectivity index (χ3v) is 2.08. The first-order chi connectivity index (χ1) is 6.27. The van der Waals surface area contributed by atoms with Gasteiger partial charge in [0.25, 0.3) is 0 Å². The molecule has 0 spiro atoms. The van der Waals surface area contributed by atoms with Gasteiger partial charge in [-0.1, -0.05) is 19.1 Å². The highest BCUT2D eigenvalue weighted by Crippen LogP contribution is 2.26. The van der Waals surface area contributed by atoms with Crippen LogP contribution in [0.15, 0.2) is 24.3 Å². The minimum Gasteiger partial charge on any atom is -0.491 e. The first-order valence-corrected chi connectivity index (χ1v) is 4.30. The molecular weight excluding hydrogens is 166 g/mol. The van der Waals surface area contributed by atoms with Crippen LogP contribution in [0.5, 0.6) is 5.75 Å². The molecule has 0 fully saturated rings. The molecule has 0 aromatic heterocycles. The maximum atomic E-state index is 11.4. The van der Waals surface area contributed by atoms with E-state index in [0.29, 0.717) is 6.61 Å². The maximum Gasteiger partial charge on any atom is 0.230 e. The number of para-hydroxylation sites is 2. The van der Waals surface area contributed by atoms with Crippen LogP contribution in [-0.2, 0) is 4.79 Å². The molecule has 1 aliphatic heterocycles. The van der Waals surface area contributed by atoms with Crippen molar-refractivity contribution >= 4 is 11.6 Å². The van der Waals surface area contributed by atoms with Gasteiger partial charge in [-0.15, -0.1) is 0 Å². The minimum absolute atomic E-state index is 0.0185. The van der Waals surface area contributed by atoms with E-state index in [2.05, 4.69) is 5.32 Å². The van der Waals surface area contributed by atoms with Gasteiger partial charge in [-0.3, -0.25) is 4.79 Å². The molecule has 2 rings (SSSR count). The van der Waals surface area contributed by atoms with Crippen molar-refractivity contribution in [3.63, 3.8) is 0 Å². The molecule has 1 N–H and O–H groups in total. The Balaban J connectivity index is 2.35. The van der Waals surface area contributed by atoms with E-state index in [0.717, 1.165) is 11.4 Å². The number of anilines is 1. The Morgan fingerprint density at radius 1 is 1.46 bits per heavy atom. The Morgan fingerprint density at radius 2 is 2.23 bits per heavy atom. The quantitative estimate of drug-likeness (QED) is 0.654. The highest BCUT2D eigenvalue weighted by molar-refractivity contribution is 5.94. The van der Waals surface area contributed by atoms with Crippen LogP contribution >= 0.6 is 0 Å². The maximum absolute atomic E-state index is 11.4. The predicted molar refractivity (Wildman–Crippen MR) is 49.7 cm³/mol. The van der Waals surface area contributed by atoms with Crippen molar-refractivity contribution in [2.75, 3.05) is 11.9 Å². The predicted octanol–water partition coefficient (Wildman–Crippen LogP) is 1.65. The van der Waals surface area contributed by atoms with E-state index in [4.69, 9.17) is 4.74 Å². The third kappa shape index (κ3) is 1.49. The van der Waals surface area contributed by atoms with Gasteiger partial charge < -0.3 is 10.1 Å². The number of carbonyl (C=O) groups is 1. The lowest BCUT2D eigenvalue weighted by Gasteiger charge is -2.04.